The molecule has 3 heterocycles. The highest BCUT2D eigenvalue weighted by molar-refractivity contribution is 6.99. The molecule has 27 heavy (non-hydrogen) atoms. The van der Waals surface area contributed by atoms with Crippen LogP contribution in [-0.4, -0.2) is 55.1 Å². The molecule has 2 N–H and O–H groups in total. The minimum atomic E-state index is -0.659. The van der Waals surface area contributed by atoms with Crippen molar-refractivity contribution in [3.05, 3.63) is 41.7 Å². The lowest BCUT2D eigenvalue weighted by Gasteiger charge is -2.35. The number of aromatic nitrogens is 4. The Morgan fingerprint density at radius 1 is 1.33 bits per heavy atom. The van der Waals surface area contributed by atoms with Crippen LogP contribution in [0.5, 0.6) is 0 Å². The highest BCUT2D eigenvalue weighted by Gasteiger charge is 2.32. The summed E-state index contributed by atoms with van der Waals surface area (Å²) in [6.07, 6.45) is -0.184. The molecule has 0 spiro atoms. The van der Waals surface area contributed by atoms with E-state index in [1.807, 2.05) is 35.2 Å². The van der Waals surface area contributed by atoms with Gasteiger partial charge in [0.05, 0.1) is 29.6 Å². The molecule has 0 aliphatic carbocycles. The number of rotatable bonds is 4. The number of carbonyl (C=O) groups excluding carboxylic acids is 1. The molecule has 140 valence electrons. The summed E-state index contributed by atoms with van der Waals surface area (Å²) in [4.78, 5) is 18.7. The molecule has 10 heteroatoms. The number of aliphatic hydroxyl groups excluding tert-OH is 1. The number of hydrogen-bond acceptors (Lipinski definition) is 9. The molecule has 0 bridgehead atoms. The maximum atomic E-state index is 12.4. The predicted molar refractivity (Wildman–Crippen MR) is 98.5 cm³/mol. The third-order valence-corrected chi connectivity index (χ3v) is 5.10. The van der Waals surface area contributed by atoms with E-state index in [4.69, 9.17) is 4.52 Å². The third kappa shape index (κ3) is 3.67. The molecule has 3 aromatic rings. The average molecular weight is 386 g/mol. The number of nitrogens with zero attached hydrogens (tertiary/aromatic N) is 5. The first-order valence-corrected chi connectivity index (χ1v) is 9.27. The fraction of sp³-hybridized carbons (Fsp3) is 0.353. The average Bonchev–Trinajstić information content (AvgIpc) is 3.33. The third-order valence-electron chi connectivity index (χ3n) is 4.48. The van der Waals surface area contributed by atoms with Gasteiger partial charge in [-0.3, -0.25) is 4.79 Å². The Morgan fingerprint density at radius 3 is 2.89 bits per heavy atom. The topological polar surface area (TPSA) is 117 Å². The van der Waals surface area contributed by atoms with E-state index in [1.54, 1.807) is 6.92 Å². The van der Waals surface area contributed by atoms with Crippen molar-refractivity contribution in [2.45, 2.75) is 25.5 Å². The van der Waals surface area contributed by atoms with Crippen LogP contribution in [0.4, 0.5) is 6.01 Å². The van der Waals surface area contributed by atoms with Crippen LogP contribution in [0.15, 0.2) is 34.9 Å². The molecular weight excluding hydrogens is 368 g/mol. The van der Waals surface area contributed by atoms with Gasteiger partial charge in [-0.1, -0.05) is 35.5 Å². The van der Waals surface area contributed by atoms with Crippen LogP contribution in [0, 0.1) is 6.92 Å². The molecule has 2 aromatic heterocycles. The molecule has 0 radical (unpaired) electrons. The van der Waals surface area contributed by atoms with Crippen LogP contribution < -0.4 is 10.2 Å². The number of piperidine rings is 1. The largest absolute Gasteiger partial charge is 0.391 e. The van der Waals surface area contributed by atoms with Gasteiger partial charge in [0.1, 0.15) is 0 Å². The number of hydrogen-bond donors (Lipinski definition) is 2. The zero-order chi connectivity index (χ0) is 18.8. The van der Waals surface area contributed by atoms with Gasteiger partial charge in [-0.05, 0) is 13.3 Å². The minimum Gasteiger partial charge on any atom is -0.391 e. The zero-order valence-corrected chi connectivity index (χ0v) is 15.4. The fourth-order valence-electron chi connectivity index (χ4n) is 2.98. The maximum Gasteiger partial charge on any atom is 0.324 e. The summed E-state index contributed by atoms with van der Waals surface area (Å²) in [7, 11) is 0. The Balaban J connectivity index is 1.47. The second-order valence-electron chi connectivity index (χ2n) is 6.35. The molecule has 1 amide bonds. The lowest BCUT2D eigenvalue weighted by molar-refractivity contribution is 0.0776. The Bertz CT molecular complexity index is 928. The molecule has 4 rings (SSSR count). The summed E-state index contributed by atoms with van der Waals surface area (Å²) in [5, 5.41) is 17.1. The molecule has 2 atom stereocenters. The summed E-state index contributed by atoms with van der Waals surface area (Å²) in [5.41, 5.74) is 1.72. The van der Waals surface area contributed by atoms with Crippen molar-refractivity contribution in [3.8, 4) is 11.4 Å². The summed E-state index contributed by atoms with van der Waals surface area (Å²) in [5.74, 6) is 0.157. The summed E-state index contributed by atoms with van der Waals surface area (Å²) >= 11 is 0.988. The second kappa shape index (κ2) is 7.41. The molecule has 1 aromatic carbocycles. The van der Waals surface area contributed by atoms with Gasteiger partial charge >= 0.3 is 6.01 Å². The zero-order valence-electron chi connectivity index (χ0n) is 14.6. The van der Waals surface area contributed by atoms with Gasteiger partial charge in [0.25, 0.3) is 5.91 Å². The smallest absolute Gasteiger partial charge is 0.324 e. The van der Waals surface area contributed by atoms with Gasteiger partial charge in [0, 0.05) is 18.7 Å². The summed E-state index contributed by atoms with van der Waals surface area (Å²) in [6.45, 7) is 2.65. The molecule has 9 nitrogen and oxygen atoms in total. The molecule has 0 unspecified atom stereocenters. The standard InChI is InChI=1S/C17H18N6O3S/c1-10-14(22-27-21-10)16(25)18-12-9-23(8-7-13(12)24)17-19-15(20-26-17)11-5-3-2-4-6-11/h2-6,12-13,24H,7-9H2,1H3,(H,18,25)/t12-,13+/m1/s1. The van der Waals surface area contributed by atoms with Crippen molar-refractivity contribution in [2.75, 3.05) is 18.0 Å². The van der Waals surface area contributed by atoms with E-state index in [1.165, 1.54) is 0 Å². The van der Waals surface area contributed by atoms with Crippen LogP contribution in [0.2, 0.25) is 0 Å². The number of anilines is 1. The number of aliphatic hydroxyl groups is 1. The minimum absolute atomic E-state index is 0.286. The van der Waals surface area contributed by atoms with Crippen molar-refractivity contribution in [3.63, 3.8) is 0 Å². The van der Waals surface area contributed by atoms with E-state index < -0.39 is 12.1 Å². The van der Waals surface area contributed by atoms with Gasteiger partial charge < -0.3 is 19.8 Å². The van der Waals surface area contributed by atoms with Crippen LogP contribution in [0.1, 0.15) is 22.6 Å². The Labute approximate surface area is 159 Å². The number of aryl methyl sites for hydroxylation is 1. The number of benzene rings is 1. The van der Waals surface area contributed by atoms with Gasteiger partial charge in [-0.25, -0.2) is 0 Å². The number of amides is 1. The van der Waals surface area contributed by atoms with E-state index in [9.17, 15) is 9.90 Å². The number of nitrogens with one attached hydrogen (secondary N) is 1. The Morgan fingerprint density at radius 2 is 2.15 bits per heavy atom. The van der Waals surface area contributed by atoms with Crippen molar-refractivity contribution < 1.29 is 14.4 Å². The van der Waals surface area contributed by atoms with E-state index in [0.29, 0.717) is 37.0 Å². The Hall–Kier alpha value is -2.85. The first kappa shape index (κ1) is 17.6. The van der Waals surface area contributed by atoms with Gasteiger partial charge in [0.15, 0.2) is 5.69 Å². The molecule has 0 saturated carbocycles. The van der Waals surface area contributed by atoms with E-state index >= 15 is 0 Å². The molecule has 1 fully saturated rings. The van der Waals surface area contributed by atoms with Crippen molar-refractivity contribution in [1.29, 1.82) is 0 Å². The fourth-order valence-corrected chi connectivity index (χ4v) is 3.52. The molecule has 1 saturated heterocycles. The number of carbonyl (C=O) groups is 1. The van der Waals surface area contributed by atoms with E-state index in [0.717, 1.165) is 17.3 Å². The highest BCUT2D eigenvalue weighted by atomic mass is 32.1. The molecule has 1 aliphatic rings. The quantitative estimate of drug-likeness (QED) is 0.688. The SMILES string of the molecule is Cc1nsnc1C(=O)N[C@@H]1CN(c2nc(-c3ccccc3)no2)CC[C@@H]1O. The van der Waals surface area contributed by atoms with Gasteiger partial charge in [-0.2, -0.15) is 13.7 Å². The first-order valence-electron chi connectivity index (χ1n) is 8.54. The van der Waals surface area contributed by atoms with Gasteiger partial charge in [0.2, 0.25) is 5.82 Å². The molecule has 1 aliphatic heterocycles. The van der Waals surface area contributed by atoms with Crippen LogP contribution in [0.3, 0.4) is 0 Å². The molecular formula is C17H18N6O3S. The van der Waals surface area contributed by atoms with E-state index in [-0.39, 0.29) is 11.6 Å². The van der Waals surface area contributed by atoms with Crippen LogP contribution >= 0.6 is 11.7 Å². The second-order valence-corrected chi connectivity index (χ2v) is 6.88. The van der Waals surface area contributed by atoms with Crippen LogP contribution in [-0.2, 0) is 0 Å². The maximum absolute atomic E-state index is 12.4. The van der Waals surface area contributed by atoms with Gasteiger partial charge in [-0.15, -0.1) is 0 Å². The normalized spacial score (nSPS) is 19.9. The van der Waals surface area contributed by atoms with Crippen LogP contribution in [0.25, 0.3) is 11.4 Å². The lowest BCUT2D eigenvalue weighted by atomic mass is 10.0. The predicted octanol–water partition coefficient (Wildman–Crippen LogP) is 1.27. The monoisotopic (exact) mass is 386 g/mol. The van der Waals surface area contributed by atoms with Crippen molar-refractivity contribution in [1.82, 2.24) is 24.2 Å². The first-order chi connectivity index (χ1) is 13.1. The van der Waals surface area contributed by atoms with Crippen molar-refractivity contribution in [2.24, 2.45) is 0 Å². The van der Waals surface area contributed by atoms with Crippen molar-refractivity contribution >= 4 is 23.7 Å². The Kier molecular flexibility index (Phi) is 4.82. The highest BCUT2D eigenvalue weighted by Crippen LogP contribution is 2.23. The van der Waals surface area contributed by atoms with E-state index in [2.05, 4.69) is 24.2 Å². The summed E-state index contributed by atoms with van der Waals surface area (Å²) in [6, 6.07) is 9.44. The lowest BCUT2D eigenvalue weighted by Crippen LogP contribution is -2.55. The summed E-state index contributed by atoms with van der Waals surface area (Å²) < 4.78 is 13.4.